The molecule has 0 radical (unpaired) electrons. The molecule has 0 saturated heterocycles. The lowest BCUT2D eigenvalue weighted by atomic mass is 10.2. The van der Waals surface area contributed by atoms with Gasteiger partial charge >= 0.3 is 0 Å². The fourth-order valence-electron chi connectivity index (χ4n) is 1.88. The first kappa shape index (κ1) is 17.8. The zero-order chi connectivity index (χ0) is 15.3. The maximum Gasteiger partial charge on any atom is 0.244 e. The van der Waals surface area contributed by atoms with Crippen LogP contribution in [0.3, 0.4) is 0 Å². The van der Waals surface area contributed by atoms with E-state index in [0.29, 0.717) is 0 Å². The van der Waals surface area contributed by atoms with Gasteiger partial charge in [-0.25, -0.2) is 0 Å². The smallest absolute Gasteiger partial charge is 0.244 e. The summed E-state index contributed by atoms with van der Waals surface area (Å²) in [5.41, 5.74) is 1.04. The van der Waals surface area contributed by atoms with E-state index in [1.54, 1.807) is 6.08 Å². The van der Waals surface area contributed by atoms with Crippen molar-refractivity contribution in [1.29, 1.82) is 0 Å². The molecular weight excluding hydrogens is 280 g/mol. The maximum atomic E-state index is 11.6. The molecule has 0 heterocycles. The molecule has 0 aromatic heterocycles. The van der Waals surface area contributed by atoms with Crippen LogP contribution in [0.15, 0.2) is 36.4 Å². The summed E-state index contributed by atoms with van der Waals surface area (Å²) in [5.74, 6) is 2.06. The zero-order valence-electron chi connectivity index (χ0n) is 13.0. The average molecular weight is 306 g/mol. The minimum Gasteiger partial charge on any atom is -0.352 e. The molecule has 0 aliphatic carbocycles. The Labute approximate surface area is 132 Å². The van der Waals surface area contributed by atoms with Gasteiger partial charge in [0, 0.05) is 30.7 Å². The standard InChI is InChI=1S/C17H26N2OS/c1-3-19(4-2)13-15-21-14-12-18-17(20)11-10-16-8-6-5-7-9-16/h5-11H,3-4,12-15H2,1-2H3,(H,18,20)/b11-10+. The van der Waals surface area contributed by atoms with E-state index in [4.69, 9.17) is 0 Å². The number of carbonyl (C=O) groups is 1. The Kier molecular flexibility index (Phi) is 9.66. The van der Waals surface area contributed by atoms with Crippen LogP contribution in [0.4, 0.5) is 0 Å². The molecule has 116 valence electrons. The molecule has 0 bridgehead atoms. The molecule has 21 heavy (non-hydrogen) atoms. The van der Waals surface area contributed by atoms with E-state index < -0.39 is 0 Å². The quantitative estimate of drug-likeness (QED) is 0.533. The van der Waals surface area contributed by atoms with Crippen LogP contribution < -0.4 is 5.32 Å². The number of nitrogens with zero attached hydrogens (tertiary/aromatic N) is 1. The van der Waals surface area contributed by atoms with Crippen molar-refractivity contribution >= 4 is 23.7 Å². The SMILES string of the molecule is CCN(CC)CCSCCNC(=O)/C=C/c1ccccc1. The number of nitrogens with one attached hydrogen (secondary N) is 1. The van der Waals surface area contributed by atoms with Gasteiger partial charge in [0.05, 0.1) is 0 Å². The highest BCUT2D eigenvalue weighted by Gasteiger charge is 1.99. The van der Waals surface area contributed by atoms with Crippen LogP contribution in [0.25, 0.3) is 6.08 Å². The largest absolute Gasteiger partial charge is 0.352 e. The van der Waals surface area contributed by atoms with E-state index in [1.807, 2.05) is 48.2 Å². The Balaban J connectivity index is 2.07. The molecule has 0 spiro atoms. The predicted molar refractivity (Wildman–Crippen MR) is 93.6 cm³/mol. The van der Waals surface area contributed by atoms with E-state index in [-0.39, 0.29) is 5.91 Å². The number of hydrogen-bond donors (Lipinski definition) is 1. The molecule has 1 rings (SSSR count). The van der Waals surface area contributed by atoms with Crippen molar-refractivity contribution in [2.75, 3.05) is 37.7 Å². The van der Waals surface area contributed by atoms with Crippen LogP contribution in [-0.4, -0.2) is 48.5 Å². The Morgan fingerprint density at radius 1 is 1.19 bits per heavy atom. The first-order valence-electron chi connectivity index (χ1n) is 7.57. The van der Waals surface area contributed by atoms with E-state index >= 15 is 0 Å². The normalized spacial score (nSPS) is 11.2. The fourth-order valence-corrected chi connectivity index (χ4v) is 2.71. The summed E-state index contributed by atoms with van der Waals surface area (Å²) in [4.78, 5) is 14.0. The summed E-state index contributed by atoms with van der Waals surface area (Å²) < 4.78 is 0. The molecule has 1 aromatic carbocycles. The maximum absolute atomic E-state index is 11.6. The Morgan fingerprint density at radius 2 is 1.90 bits per heavy atom. The van der Waals surface area contributed by atoms with Gasteiger partial charge < -0.3 is 10.2 Å². The number of amides is 1. The zero-order valence-corrected chi connectivity index (χ0v) is 13.9. The summed E-state index contributed by atoms with van der Waals surface area (Å²) in [5, 5.41) is 2.91. The Bertz CT molecular complexity index is 416. The molecule has 0 saturated carbocycles. The second-order valence-electron chi connectivity index (χ2n) is 4.67. The predicted octanol–water partition coefficient (Wildman–Crippen LogP) is 2.89. The van der Waals surface area contributed by atoms with Gasteiger partial charge in [0.25, 0.3) is 0 Å². The first-order valence-corrected chi connectivity index (χ1v) is 8.72. The van der Waals surface area contributed by atoms with Crippen molar-refractivity contribution < 1.29 is 4.79 Å². The van der Waals surface area contributed by atoms with Crippen LogP contribution in [0.1, 0.15) is 19.4 Å². The van der Waals surface area contributed by atoms with Crippen molar-refractivity contribution in [2.24, 2.45) is 0 Å². The third kappa shape index (κ3) is 8.58. The number of thioether (sulfide) groups is 1. The second-order valence-corrected chi connectivity index (χ2v) is 5.90. The third-order valence-corrected chi connectivity index (χ3v) is 4.18. The molecule has 0 unspecified atom stereocenters. The van der Waals surface area contributed by atoms with E-state index in [0.717, 1.165) is 43.2 Å². The first-order chi connectivity index (χ1) is 10.3. The molecule has 0 atom stereocenters. The number of benzene rings is 1. The van der Waals surface area contributed by atoms with Gasteiger partial charge in [-0.3, -0.25) is 4.79 Å². The topological polar surface area (TPSA) is 32.3 Å². The number of hydrogen-bond acceptors (Lipinski definition) is 3. The van der Waals surface area contributed by atoms with Gasteiger partial charge in [0.2, 0.25) is 5.91 Å². The summed E-state index contributed by atoms with van der Waals surface area (Å²) >= 11 is 1.89. The van der Waals surface area contributed by atoms with E-state index in [2.05, 4.69) is 24.1 Å². The Hall–Kier alpha value is -1.26. The van der Waals surface area contributed by atoms with E-state index in [9.17, 15) is 4.79 Å². The minimum absolute atomic E-state index is 0.0248. The third-order valence-electron chi connectivity index (χ3n) is 3.22. The van der Waals surface area contributed by atoms with Gasteiger partial charge in [-0.15, -0.1) is 0 Å². The van der Waals surface area contributed by atoms with Gasteiger partial charge in [0.15, 0.2) is 0 Å². The monoisotopic (exact) mass is 306 g/mol. The van der Waals surface area contributed by atoms with Crippen molar-refractivity contribution in [3.05, 3.63) is 42.0 Å². The lowest BCUT2D eigenvalue weighted by Gasteiger charge is -2.17. The number of rotatable bonds is 10. The van der Waals surface area contributed by atoms with Gasteiger partial charge in [-0.05, 0) is 24.7 Å². The van der Waals surface area contributed by atoms with Crippen LogP contribution in [0.5, 0.6) is 0 Å². The van der Waals surface area contributed by atoms with Crippen LogP contribution in [0.2, 0.25) is 0 Å². The molecular formula is C17H26N2OS. The summed E-state index contributed by atoms with van der Waals surface area (Å²) in [7, 11) is 0. The molecule has 4 heteroatoms. The average Bonchev–Trinajstić information content (AvgIpc) is 2.53. The molecule has 0 aliphatic rings. The van der Waals surface area contributed by atoms with Gasteiger partial charge in [-0.2, -0.15) is 11.8 Å². The molecule has 0 aliphatic heterocycles. The van der Waals surface area contributed by atoms with Gasteiger partial charge in [0.1, 0.15) is 0 Å². The summed E-state index contributed by atoms with van der Waals surface area (Å²) in [6.07, 6.45) is 3.43. The van der Waals surface area contributed by atoms with Crippen LogP contribution in [-0.2, 0) is 4.79 Å². The van der Waals surface area contributed by atoms with Crippen molar-refractivity contribution in [2.45, 2.75) is 13.8 Å². The van der Waals surface area contributed by atoms with E-state index in [1.165, 1.54) is 0 Å². The highest BCUT2D eigenvalue weighted by atomic mass is 32.2. The van der Waals surface area contributed by atoms with Crippen LogP contribution in [0, 0.1) is 0 Å². The number of carbonyl (C=O) groups excluding carboxylic acids is 1. The summed E-state index contributed by atoms with van der Waals surface area (Å²) in [6.45, 7) is 8.44. The lowest BCUT2D eigenvalue weighted by Crippen LogP contribution is -2.26. The molecule has 1 N–H and O–H groups in total. The highest BCUT2D eigenvalue weighted by Crippen LogP contribution is 2.01. The van der Waals surface area contributed by atoms with Gasteiger partial charge in [-0.1, -0.05) is 44.2 Å². The van der Waals surface area contributed by atoms with Crippen molar-refractivity contribution in [1.82, 2.24) is 10.2 Å². The van der Waals surface area contributed by atoms with Crippen molar-refractivity contribution in [3.63, 3.8) is 0 Å². The lowest BCUT2D eigenvalue weighted by molar-refractivity contribution is -0.116. The summed E-state index contributed by atoms with van der Waals surface area (Å²) in [6, 6.07) is 9.85. The van der Waals surface area contributed by atoms with Crippen molar-refractivity contribution in [3.8, 4) is 0 Å². The minimum atomic E-state index is -0.0248. The molecule has 1 amide bonds. The molecule has 3 nitrogen and oxygen atoms in total. The second kappa shape index (κ2) is 11.4. The molecule has 1 aromatic rings. The molecule has 0 fully saturated rings. The van der Waals surface area contributed by atoms with Crippen LogP contribution >= 0.6 is 11.8 Å². The highest BCUT2D eigenvalue weighted by molar-refractivity contribution is 7.99. The fraction of sp³-hybridized carbons (Fsp3) is 0.471. The Morgan fingerprint density at radius 3 is 2.57 bits per heavy atom.